The predicted molar refractivity (Wildman–Crippen MR) is 73.5 cm³/mol. The fourth-order valence-electron chi connectivity index (χ4n) is 1.91. The van der Waals surface area contributed by atoms with Gasteiger partial charge in [0.05, 0.1) is 5.56 Å². The molecule has 0 atom stereocenters. The molecule has 2 rings (SSSR count). The summed E-state index contributed by atoms with van der Waals surface area (Å²) in [5, 5.41) is 8.93. The summed E-state index contributed by atoms with van der Waals surface area (Å²) >= 11 is 5.05. The summed E-state index contributed by atoms with van der Waals surface area (Å²) in [4.78, 5) is 13.9. The fourth-order valence-corrected chi connectivity index (χ4v) is 2.18. The van der Waals surface area contributed by atoms with Gasteiger partial charge in [0.25, 0.3) is 0 Å². The van der Waals surface area contributed by atoms with Gasteiger partial charge in [-0.25, -0.2) is 4.79 Å². The zero-order valence-corrected chi connectivity index (χ0v) is 11.0. The van der Waals surface area contributed by atoms with Crippen LogP contribution in [-0.2, 0) is 0 Å². The molecule has 1 heterocycles. The van der Waals surface area contributed by atoms with Gasteiger partial charge in [-0.15, -0.1) is 0 Å². The Bertz CT molecular complexity index is 674. The Balaban J connectivity index is 2.56. The van der Waals surface area contributed by atoms with E-state index < -0.39 is 5.97 Å². The van der Waals surface area contributed by atoms with Crippen molar-refractivity contribution < 1.29 is 9.90 Å². The van der Waals surface area contributed by atoms with Crippen LogP contribution >= 0.6 is 12.2 Å². The van der Waals surface area contributed by atoms with Crippen molar-refractivity contribution in [2.75, 3.05) is 0 Å². The molecule has 0 aliphatic rings. The molecule has 0 amide bonds. The van der Waals surface area contributed by atoms with Crippen LogP contribution in [-0.4, -0.2) is 16.1 Å². The number of carbonyl (C=O) groups is 1. The summed E-state index contributed by atoms with van der Waals surface area (Å²) in [5.41, 5.74) is 4.31. The molecule has 0 aliphatic heterocycles. The van der Waals surface area contributed by atoms with Gasteiger partial charge in [-0.05, 0) is 31.5 Å². The lowest BCUT2D eigenvalue weighted by Gasteiger charge is -2.08. The molecule has 4 heteroatoms. The molecule has 2 aromatic rings. The van der Waals surface area contributed by atoms with Crippen LogP contribution in [0.25, 0.3) is 11.3 Å². The first-order chi connectivity index (χ1) is 8.49. The minimum atomic E-state index is -1.01. The first-order valence-electron chi connectivity index (χ1n) is 5.53. The third-order valence-corrected chi connectivity index (χ3v) is 3.13. The van der Waals surface area contributed by atoms with Gasteiger partial charge < -0.3 is 10.1 Å². The highest BCUT2D eigenvalue weighted by Gasteiger charge is 2.08. The van der Waals surface area contributed by atoms with Crippen LogP contribution in [0.4, 0.5) is 0 Å². The number of nitrogens with one attached hydrogen (secondary N) is 1. The second-order valence-electron chi connectivity index (χ2n) is 4.24. The van der Waals surface area contributed by atoms with Crippen LogP contribution in [0.2, 0.25) is 0 Å². The highest BCUT2D eigenvalue weighted by molar-refractivity contribution is 7.71. The molecule has 0 fully saturated rings. The Labute approximate surface area is 110 Å². The molecule has 0 spiro atoms. The number of hydrogen-bond acceptors (Lipinski definition) is 2. The zero-order chi connectivity index (χ0) is 13.3. The molecular weight excluding hydrogens is 246 g/mol. The molecule has 18 heavy (non-hydrogen) atoms. The summed E-state index contributed by atoms with van der Waals surface area (Å²) in [6.07, 6.45) is 0. The molecule has 1 aromatic heterocycles. The number of aryl methyl sites for hydroxylation is 2. The molecule has 2 N–H and O–H groups in total. The predicted octanol–water partition coefficient (Wildman–Crippen LogP) is 3.73. The maximum atomic E-state index is 10.9. The third kappa shape index (κ3) is 2.33. The van der Waals surface area contributed by atoms with Gasteiger partial charge >= 0.3 is 5.97 Å². The summed E-state index contributed by atoms with van der Waals surface area (Å²) in [5.74, 6) is -1.01. The number of aromatic nitrogens is 1. The van der Waals surface area contributed by atoms with E-state index in [1.54, 1.807) is 6.07 Å². The molecule has 0 aliphatic carbocycles. The lowest BCUT2D eigenvalue weighted by atomic mass is 10.0. The van der Waals surface area contributed by atoms with Crippen molar-refractivity contribution in [3.05, 3.63) is 51.7 Å². The Morgan fingerprint density at radius 3 is 2.50 bits per heavy atom. The van der Waals surface area contributed by atoms with Gasteiger partial charge in [-0.1, -0.05) is 36.0 Å². The van der Waals surface area contributed by atoms with E-state index in [2.05, 4.69) is 11.1 Å². The van der Waals surface area contributed by atoms with E-state index in [0.717, 1.165) is 16.8 Å². The van der Waals surface area contributed by atoms with Crippen molar-refractivity contribution in [2.24, 2.45) is 0 Å². The van der Waals surface area contributed by atoms with Crippen molar-refractivity contribution in [3.63, 3.8) is 0 Å². The van der Waals surface area contributed by atoms with Crippen molar-refractivity contribution >= 4 is 18.2 Å². The Morgan fingerprint density at radius 2 is 1.94 bits per heavy atom. The Hall–Kier alpha value is -1.94. The monoisotopic (exact) mass is 259 g/mol. The lowest BCUT2D eigenvalue weighted by Crippen LogP contribution is -1.99. The molecule has 0 saturated carbocycles. The molecule has 0 saturated heterocycles. The number of pyridine rings is 1. The number of H-pyrrole nitrogens is 1. The smallest absolute Gasteiger partial charge is 0.338 e. The van der Waals surface area contributed by atoms with Crippen LogP contribution in [0, 0.1) is 18.5 Å². The minimum Gasteiger partial charge on any atom is -0.478 e. The highest BCUT2D eigenvalue weighted by Crippen LogP contribution is 2.22. The second-order valence-corrected chi connectivity index (χ2v) is 4.65. The van der Waals surface area contributed by atoms with E-state index in [1.165, 1.54) is 11.6 Å². The Kier molecular flexibility index (Phi) is 3.30. The van der Waals surface area contributed by atoms with Crippen molar-refractivity contribution in [1.29, 1.82) is 0 Å². The first kappa shape index (κ1) is 12.5. The maximum Gasteiger partial charge on any atom is 0.338 e. The first-order valence-corrected chi connectivity index (χ1v) is 5.94. The molecular formula is C14H13NO2S. The van der Waals surface area contributed by atoms with Crippen molar-refractivity contribution in [1.82, 2.24) is 4.98 Å². The van der Waals surface area contributed by atoms with Crippen LogP contribution < -0.4 is 0 Å². The number of aromatic carboxylic acids is 1. The SMILES string of the molecule is Cc1ccc(-c2ccc(C(=O)O)c(=S)[nH]2)c(C)c1. The van der Waals surface area contributed by atoms with Gasteiger partial charge in [0.15, 0.2) is 0 Å². The van der Waals surface area contributed by atoms with Gasteiger partial charge in [-0.2, -0.15) is 0 Å². The Morgan fingerprint density at radius 1 is 1.22 bits per heavy atom. The standard InChI is InChI=1S/C14H13NO2S/c1-8-3-4-10(9(2)7-8)12-6-5-11(14(16)17)13(18)15-12/h3-7H,1-2H3,(H,15,18)(H,16,17). The number of carboxylic acids is 1. The molecule has 92 valence electrons. The summed E-state index contributed by atoms with van der Waals surface area (Å²) in [7, 11) is 0. The van der Waals surface area contributed by atoms with E-state index in [4.69, 9.17) is 17.3 Å². The lowest BCUT2D eigenvalue weighted by molar-refractivity contribution is 0.0696. The van der Waals surface area contributed by atoms with Gasteiger partial charge in [0.1, 0.15) is 4.64 Å². The van der Waals surface area contributed by atoms with Crippen LogP contribution in [0.3, 0.4) is 0 Å². The normalized spacial score (nSPS) is 10.3. The zero-order valence-electron chi connectivity index (χ0n) is 10.2. The van der Waals surface area contributed by atoms with Gasteiger partial charge in [-0.3, -0.25) is 0 Å². The molecule has 0 radical (unpaired) electrons. The molecule has 0 unspecified atom stereocenters. The quantitative estimate of drug-likeness (QED) is 0.808. The van der Waals surface area contributed by atoms with E-state index >= 15 is 0 Å². The number of carboxylic acid groups (broad SMARTS) is 1. The van der Waals surface area contributed by atoms with Crippen molar-refractivity contribution in [3.8, 4) is 11.3 Å². The third-order valence-electron chi connectivity index (χ3n) is 2.81. The number of rotatable bonds is 2. The van der Waals surface area contributed by atoms with Gasteiger partial charge in [0.2, 0.25) is 0 Å². The summed E-state index contributed by atoms with van der Waals surface area (Å²) in [6, 6.07) is 9.39. The fraction of sp³-hybridized carbons (Fsp3) is 0.143. The average Bonchev–Trinajstić information content (AvgIpc) is 2.28. The number of benzene rings is 1. The second kappa shape index (κ2) is 4.74. The largest absolute Gasteiger partial charge is 0.478 e. The number of aromatic amines is 1. The molecule has 0 bridgehead atoms. The van der Waals surface area contributed by atoms with Gasteiger partial charge in [0, 0.05) is 11.3 Å². The van der Waals surface area contributed by atoms with E-state index in [0.29, 0.717) is 0 Å². The molecule has 3 nitrogen and oxygen atoms in total. The highest BCUT2D eigenvalue weighted by atomic mass is 32.1. The van der Waals surface area contributed by atoms with Crippen LogP contribution in [0.5, 0.6) is 0 Å². The van der Waals surface area contributed by atoms with E-state index in [-0.39, 0.29) is 10.2 Å². The number of hydrogen-bond donors (Lipinski definition) is 2. The average molecular weight is 259 g/mol. The van der Waals surface area contributed by atoms with Crippen LogP contribution in [0.1, 0.15) is 21.5 Å². The topological polar surface area (TPSA) is 53.1 Å². The van der Waals surface area contributed by atoms with E-state index in [9.17, 15) is 4.79 Å². The maximum absolute atomic E-state index is 10.9. The summed E-state index contributed by atoms with van der Waals surface area (Å²) in [6.45, 7) is 4.05. The van der Waals surface area contributed by atoms with Crippen molar-refractivity contribution in [2.45, 2.75) is 13.8 Å². The molecule has 1 aromatic carbocycles. The van der Waals surface area contributed by atoms with E-state index in [1.807, 2.05) is 26.0 Å². The van der Waals surface area contributed by atoms with Crippen LogP contribution in [0.15, 0.2) is 30.3 Å². The minimum absolute atomic E-state index is 0.124. The summed E-state index contributed by atoms with van der Waals surface area (Å²) < 4.78 is 0.250.